The fraction of sp³-hybridized carbons (Fsp3) is 0.440. The number of aliphatic hydroxyl groups is 2. The van der Waals surface area contributed by atoms with E-state index in [1.807, 2.05) is 36.4 Å². The summed E-state index contributed by atoms with van der Waals surface area (Å²) < 4.78 is 1.13. The third-order valence-electron chi connectivity index (χ3n) is 5.88. The number of fused-ring (bicyclic) bond motifs is 1. The van der Waals surface area contributed by atoms with Crippen LogP contribution in [0.25, 0.3) is 10.1 Å². The molecule has 4 atom stereocenters. The Bertz CT molecular complexity index is 995. The molecule has 0 bridgehead atoms. The lowest BCUT2D eigenvalue weighted by atomic mass is 9.90. The number of allylic oxidation sites excluding steroid dienone is 2. The Morgan fingerprint density at radius 2 is 2.06 bits per heavy atom. The topological polar surface area (TPSA) is 94.8 Å². The van der Waals surface area contributed by atoms with Gasteiger partial charge in [-0.15, -0.1) is 11.3 Å². The van der Waals surface area contributed by atoms with E-state index in [0.717, 1.165) is 20.0 Å². The molecule has 0 radical (unpaired) electrons. The summed E-state index contributed by atoms with van der Waals surface area (Å²) in [7, 11) is 0. The number of hydrogen-bond acceptors (Lipinski definition) is 5. The van der Waals surface area contributed by atoms with Crippen molar-refractivity contribution in [1.29, 1.82) is 0 Å². The molecular weight excluding hydrogens is 448 g/mol. The lowest BCUT2D eigenvalue weighted by Crippen LogP contribution is -2.19. The number of benzene rings is 1. The van der Waals surface area contributed by atoms with E-state index < -0.39 is 18.2 Å². The first kappa shape index (κ1) is 24.6. The van der Waals surface area contributed by atoms with E-state index in [9.17, 15) is 19.8 Å². The minimum atomic E-state index is -0.814. The largest absolute Gasteiger partial charge is 0.481 e. The predicted octanol–water partition coefficient (Wildman–Crippen LogP) is 5.17. The van der Waals surface area contributed by atoms with Crippen molar-refractivity contribution in [2.75, 3.05) is 0 Å². The first-order chi connectivity index (χ1) is 15.4. The Morgan fingerprint density at radius 3 is 2.81 bits per heavy atom. The van der Waals surface area contributed by atoms with E-state index in [1.165, 1.54) is 0 Å². The number of aliphatic carboxylic acids is 1. The lowest BCUT2D eigenvalue weighted by molar-refractivity contribution is -0.137. The molecule has 3 N–H and O–H groups in total. The molecule has 5 nitrogen and oxygen atoms in total. The molecule has 7 heteroatoms. The molecule has 172 valence electrons. The maximum Gasteiger partial charge on any atom is 0.303 e. The highest BCUT2D eigenvalue weighted by Crippen LogP contribution is 2.36. The van der Waals surface area contributed by atoms with Crippen molar-refractivity contribution in [3.8, 4) is 0 Å². The van der Waals surface area contributed by atoms with Gasteiger partial charge >= 0.3 is 5.97 Å². The second kappa shape index (κ2) is 11.8. The number of carboxylic acids is 1. The molecule has 0 unspecified atom stereocenters. The van der Waals surface area contributed by atoms with Gasteiger partial charge in [0.05, 0.1) is 17.2 Å². The zero-order valence-corrected chi connectivity index (χ0v) is 19.4. The van der Waals surface area contributed by atoms with Gasteiger partial charge in [-0.05, 0) is 38.2 Å². The summed E-state index contributed by atoms with van der Waals surface area (Å²) in [4.78, 5) is 23.9. The number of ketones is 1. The summed E-state index contributed by atoms with van der Waals surface area (Å²) in [5.74, 6) is -1.44. The molecule has 1 fully saturated rings. The molecule has 0 spiro atoms. The standard InChI is InChI=1S/C25H29ClO5S/c26-25-19-8-5-6-9-22(19)32-23(25)14-12-16(27)11-13-18-17(20(28)15-21(18)29)7-3-1-2-4-10-24(30)31/h1,3,5-6,8-9,11,13,16-18,21,27,29H,2,4,7,10,12,14-15H2,(H,30,31)/t16-,17-,18-,21-/m1/s1. The minimum Gasteiger partial charge on any atom is -0.481 e. The van der Waals surface area contributed by atoms with Crippen LogP contribution < -0.4 is 0 Å². The number of aryl methyl sites for hydroxylation is 1. The Hall–Kier alpha value is -1.99. The van der Waals surface area contributed by atoms with Crippen molar-refractivity contribution in [3.05, 3.63) is 58.5 Å². The summed E-state index contributed by atoms with van der Waals surface area (Å²) >= 11 is 8.11. The van der Waals surface area contributed by atoms with Crippen LogP contribution in [0, 0.1) is 11.8 Å². The number of Topliss-reactive ketones (excluding diaryl/α,β-unsaturated/α-hetero) is 1. The Balaban J connectivity index is 1.53. The fourth-order valence-corrected chi connectivity index (χ4v) is 5.66. The van der Waals surface area contributed by atoms with Gasteiger partial charge in [-0.3, -0.25) is 9.59 Å². The third kappa shape index (κ3) is 6.51. The van der Waals surface area contributed by atoms with Gasteiger partial charge in [-0.1, -0.05) is 54.1 Å². The van der Waals surface area contributed by atoms with Crippen LogP contribution in [0.15, 0.2) is 48.6 Å². The van der Waals surface area contributed by atoms with Gasteiger partial charge in [-0.2, -0.15) is 0 Å². The van der Waals surface area contributed by atoms with Crippen LogP contribution >= 0.6 is 22.9 Å². The minimum absolute atomic E-state index is 0.0221. The number of rotatable bonds is 11. The van der Waals surface area contributed by atoms with Gasteiger partial charge in [0.2, 0.25) is 0 Å². The van der Waals surface area contributed by atoms with Crippen molar-refractivity contribution in [2.24, 2.45) is 11.8 Å². The van der Waals surface area contributed by atoms with E-state index in [0.29, 0.717) is 32.1 Å². The summed E-state index contributed by atoms with van der Waals surface area (Å²) in [6.45, 7) is 0. The molecule has 32 heavy (non-hydrogen) atoms. The Morgan fingerprint density at radius 1 is 1.28 bits per heavy atom. The second-order valence-corrected chi connectivity index (χ2v) is 9.76. The van der Waals surface area contributed by atoms with Gasteiger partial charge in [0.15, 0.2) is 0 Å². The zero-order valence-electron chi connectivity index (χ0n) is 17.8. The lowest BCUT2D eigenvalue weighted by Gasteiger charge is -2.16. The number of thiophene rings is 1. The van der Waals surface area contributed by atoms with E-state index in [1.54, 1.807) is 23.5 Å². The predicted molar refractivity (Wildman–Crippen MR) is 128 cm³/mol. The number of aliphatic hydroxyl groups excluding tert-OH is 2. The molecule has 1 aliphatic rings. The molecule has 1 heterocycles. The van der Waals surface area contributed by atoms with Crippen molar-refractivity contribution in [1.82, 2.24) is 0 Å². The smallest absolute Gasteiger partial charge is 0.303 e. The number of hydrogen-bond donors (Lipinski definition) is 3. The van der Waals surface area contributed by atoms with Gasteiger partial charge in [0.1, 0.15) is 5.78 Å². The van der Waals surface area contributed by atoms with Gasteiger partial charge in [-0.25, -0.2) is 0 Å². The van der Waals surface area contributed by atoms with Crippen molar-refractivity contribution < 1.29 is 24.9 Å². The molecule has 3 rings (SSSR count). The molecule has 2 aromatic rings. The molecule has 0 saturated heterocycles. The summed E-state index contributed by atoms with van der Waals surface area (Å²) in [5, 5.41) is 31.2. The molecule has 0 aliphatic heterocycles. The van der Waals surface area contributed by atoms with E-state index in [4.69, 9.17) is 16.7 Å². The molecule has 0 amide bonds. The maximum atomic E-state index is 12.3. The van der Waals surface area contributed by atoms with Crippen LogP contribution in [-0.4, -0.2) is 39.3 Å². The fourth-order valence-electron chi connectivity index (χ4n) is 4.12. The summed E-state index contributed by atoms with van der Waals surface area (Å²) in [5.41, 5.74) is 0. The molecule has 1 aromatic carbocycles. The van der Waals surface area contributed by atoms with Crippen LogP contribution in [0.4, 0.5) is 0 Å². The Kier molecular flexibility index (Phi) is 9.05. The second-order valence-electron chi connectivity index (χ2n) is 8.24. The molecular formula is C25H29ClO5S. The number of carboxylic acid groups (broad SMARTS) is 1. The van der Waals surface area contributed by atoms with Gasteiger partial charge in [0.25, 0.3) is 0 Å². The molecule has 1 aromatic heterocycles. The first-order valence-electron chi connectivity index (χ1n) is 11.0. The number of halogens is 1. The highest BCUT2D eigenvalue weighted by atomic mass is 35.5. The maximum absolute atomic E-state index is 12.3. The molecule has 1 aliphatic carbocycles. The van der Waals surface area contributed by atoms with Crippen molar-refractivity contribution in [3.63, 3.8) is 0 Å². The van der Waals surface area contributed by atoms with Crippen molar-refractivity contribution >= 4 is 44.8 Å². The summed E-state index contributed by atoms with van der Waals surface area (Å²) in [6.07, 6.45) is 8.93. The third-order valence-corrected chi connectivity index (χ3v) is 7.65. The van der Waals surface area contributed by atoms with Crippen LogP contribution in [-0.2, 0) is 16.0 Å². The monoisotopic (exact) mass is 476 g/mol. The van der Waals surface area contributed by atoms with Gasteiger partial charge < -0.3 is 15.3 Å². The normalized spacial score (nSPS) is 22.5. The van der Waals surface area contributed by atoms with Crippen LogP contribution in [0.1, 0.15) is 43.4 Å². The zero-order chi connectivity index (χ0) is 23.1. The average molecular weight is 477 g/mol. The molecule has 1 saturated carbocycles. The SMILES string of the molecule is O=C(O)CCCC=CC[C@H]1C(=O)C[C@@H](O)[C@@H]1C=C[C@@H](O)CCc1sc2ccccc2c1Cl. The highest BCUT2D eigenvalue weighted by Gasteiger charge is 2.39. The van der Waals surface area contributed by atoms with Crippen LogP contribution in [0.5, 0.6) is 0 Å². The van der Waals surface area contributed by atoms with E-state index in [-0.39, 0.29) is 30.5 Å². The quantitative estimate of drug-likeness (QED) is 0.307. The summed E-state index contributed by atoms with van der Waals surface area (Å²) in [6, 6.07) is 7.96. The number of carbonyl (C=O) groups is 2. The van der Waals surface area contributed by atoms with E-state index >= 15 is 0 Å². The first-order valence-corrected chi connectivity index (χ1v) is 12.2. The van der Waals surface area contributed by atoms with E-state index in [2.05, 4.69) is 0 Å². The van der Waals surface area contributed by atoms with Crippen molar-refractivity contribution in [2.45, 2.75) is 57.2 Å². The number of carbonyl (C=O) groups excluding carboxylic acids is 1. The highest BCUT2D eigenvalue weighted by molar-refractivity contribution is 7.19. The van der Waals surface area contributed by atoms with Crippen LogP contribution in [0.2, 0.25) is 5.02 Å². The number of unbranched alkanes of at least 4 members (excludes halogenated alkanes) is 1. The Labute approximate surface area is 197 Å². The van der Waals surface area contributed by atoms with Crippen LogP contribution in [0.3, 0.4) is 0 Å². The van der Waals surface area contributed by atoms with Gasteiger partial charge in [0, 0.05) is 39.6 Å². The average Bonchev–Trinajstić information content (AvgIpc) is 3.22.